The molecule has 0 spiro atoms. The van der Waals surface area contributed by atoms with Gasteiger partial charge in [-0.1, -0.05) is 12.1 Å². The molecule has 1 amide bonds. The molecule has 160 valence electrons. The number of rotatable bonds is 5. The highest BCUT2D eigenvalue weighted by Gasteiger charge is 2.21. The van der Waals surface area contributed by atoms with Gasteiger partial charge < -0.3 is 9.80 Å². The average Bonchev–Trinajstić information content (AvgIpc) is 2.79. The standard InChI is InChI=1S/C22H23N5O4/c1-16-3-2-4-19-21(16)23-15-26(22(19)29)10-9-20(28)25-13-11-24(12-14-25)17-5-7-18(8-6-17)27(30)31/h2-8,15H,9-14H2,1H3. The van der Waals surface area contributed by atoms with E-state index in [1.54, 1.807) is 23.1 Å². The summed E-state index contributed by atoms with van der Waals surface area (Å²) < 4.78 is 1.49. The number of aromatic nitrogens is 2. The first-order chi connectivity index (χ1) is 14.9. The van der Waals surface area contributed by atoms with Crippen molar-refractivity contribution < 1.29 is 9.72 Å². The van der Waals surface area contributed by atoms with Gasteiger partial charge in [0.1, 0.15) is 0 Å². The highest BCUT2D eigenvalue weighted by molar-refractivity contribution is 5.80. The minimum atomic E-state index is -0.419. The first-order valence-corrected chi connectivity index (χ1v) is 10.2. The summed E-state index contributed by atoms with van der Waals surface area (Å²) in [7, 11) is 0. The summed E-state index contributed by atoms with van der Waals surface area (Å²) in [5.74, 6) is -0.000381. The molecule has 2 heterocycles. The van der Waals surface area contributed by atoms with Crippen LogP contribution in [0, 0.1) is 17.0 Å². The lowest BCUT2D eigenvalue weighted by atomic mass is 10.1. The number of non-ortho nitro benzene ring substituents is 1. The summed E-state index contributed by atoms with van der Waals surface area (Å²) >= 11 is 0. The molecular weight excluding hydrogens is 398 g/mol. The van der Waals surface area contributed by atoms with Crippen LogP contribution in [0.4, 0.5) is 11.4 Å². The molecule has 9 heteroatoms. The van der Waals surface area contributed by atoms with Crippen molar-refractivity contribution in [2.24, 2.45) is 0 Å². The number of fused-ring (bicyclic) bond motifs is 1. The molecule has 0 aliphatic carbocycles. The minimum Gasteiger partial charge on any atom is -0.368 e. The molecule has 1 saturated heterocycles. The molecule has 1 aliphatic rings. The van der Waals surface area contributed by atoms with Crippen molar-refractivity contribution in [3.8, 4) is 0 Å². The van der Waals surface area contributed by atoms with Crippen LogP contribution < -0.4 is 10.5 Å². The number of para-hydroxylation sites is 1. The van der Waals surface area contributed by atoms with E-state index in [0.29, 0.717) is 37.1 Å². The van der Waals surface area contributed by atoms with Gasteiger partial charge in [-0.05, 0) is 30.7 Å². The Balaban J connectivity index is 1.34. The van der Waals surface area contributed by atoms with Gasteiger partial charge in [0.2, 0.25) is 5.91 Å². The van der Waals surface area contributed by atoms with Crippen molar-refractivity contribution in [1.82, 2.24) is 14.5 Å². The Morgan fingerprint density at radius 3 is 2.48 bits per heavy atom. The van der Waals surface area contributed by atoms with E-state index in [0.717, 1.165) is 11.3 Å². The Kier molecular flexibility index (Phi) is 5.66. The van der Waals surface area contributed by atoms with Crippen LogP contribution in [-0.4, -0.2) is 51.5 Å². The van der Waals surface area contributed by atoms with E-state index in [-0.39, 0.29) is 30.1 Å². The number of aryl methyl sites for hydroxylation is 2. The van der Waals surface area contributed by atoms with Crippen LogP contribution in [0.25, 0.3) is 10.9 Å². The summed E-state index contributed by atoms with van der Waals surface area (Å²) in [6.07, 6.45) is 1.74. The Labute approximate surface area is 178 Å². The molecule has 1 fully saturated rings. The van der Waals surface area contributed by atoms with Crippen molar-refractivity contribution in [1.29, 1.82) is 0 Å². The fraction of sp³-hybridized carbons (Fsp3) is 0.318. The number of nitro benzene ring substituents is 1. The van der Waals surface area contributed by atoms with E-state index in [4.69, 9.17) is 0 Å². The van der Waals surface area contributed by atoms with Crippen molar-refractivity contribution in [3.05, 3.63) is 74.8 Å². The highest BCUT2D eigenvalue weighted by Crippen LogP contribution is 2.21. The lowest BCUT2D eigenvalue weighted by Crippen LogP contribution is -2.49. The molecular formula is C22H23N5O4. The molecule has 2 aromatic carbocycles. The van der Waals surface area contributed by atoms with Crippen LogP contribution in [0.1, 0.15) is 12.0 Å². The van der Waals surface area contributed by atoms with E-state index in [1.807, 2.05) is 19.1 Å². The van der Waals surface area contributed by atoms with Gasteiger partial charge in [0.05, 0.1) is 22.2 Å². The van der Waals surface area contributed by atoms with Crippen LogP contribution >= 0.6 is 0 Å². The molecule has 0 saturated carbocycles. The average molecular weight is 421 g/mol. The molecule has 3 aromatic rings. The third-order valence-corrected chi connectivity index (χ3v) is 5.68. The van der Waals surface area contributed by atoms with E-state index in [1.165, 1.54) is 23.0 Å². The number of anilines is 1. The molecule has 0 atom stereocenters. The Bertz CT molecular complexity index is 1180. The van der Waals surface area contributed by atoms with Crippen LogP contribution in [0.3, 0.4) is 0 Å². The third-order valence-electron chi connectivity index (χ3n) is 5.68. The molecule has 1 aromatic heterocycles. The largest absolute Gasteiger partial charge is 0.368 e. The second kappa shape index (κ2) is 8.55. The highest BCUT2D eigenvalue weighted by atomic mass is 16.6. The predicted molar refractivity (Wildman–Crippen MR) is 117 cm³/mol. The lowest BCUT2D eigenvalue weighted by molar-refractivity contribution is -0.384. The summed E-state index contributed by atoms with van der Waals surface area (Å²) in [6, 6.07) is 12.0. The first kappa shape index (κ1) is 20.5. The van der Waals surface area contributed by atoms with Gasteiger partial charge in [0, 0.05) is 57.0 Å². The maximum absolute atomic E-state index is 12.7. The van der Waals surface area contributed by atoms with Gasteiger partial charge in [0.15, 0.2) is 0 Å². The first-order valence-electron chi connectivity index (χ1n) is 10.2. The number of hydrogen-bond acceptors (Lipinski definition) is 6. The van der Waals surface area contributed by atoms with Gasteiger partial charge in [-0.3, -0.25) is 24.3 Å². The molecule has 0 unspecified atom stereocenters. The molecule has 0 bridgehead atoms. The summed E-state index contributed by atoms with van der Waals surface area (Å²) in [5.41, 5.74) is 2.47. The molecule has 1 aliphatic heterocycles. The zero-order chi connectivity index (χ0) is 22.0. The fourth-order valence-electron chi connectivity index (χ4n) is 3.87. The number of carbonyl (C=O) groups is 1. The lowest BCUT2D eigenvalue weighted by Gasteiger charge is -2.36. The summed E-state index contributed by atoms with van der Waals surface area (Å²) in [4.78, 5) is 44.0. The Hall–Kier alpha value is -3.75. The number of nitrogens with zero attached hydrogens (tertiary/aromatic N) is 5. The smallest absolute Gasteiger partial charge is 0.269 e. The van der Waals surface area contributed by atoms with Gasteiger partial charge in [-0.2, -0.15) is 0 Å². The summed E-state index contributed by atoms with van der Waals surface area (Å²) in [6.45, 7) is 4.65. The van der Waals surface area contributed by atoms with Crippen molar-refractivity contribution in [2.45, 2.75) is 19.9 Å². The minimum absolute atomic E-state index is 0.000381. The zero-order valence-corrected chi connectivity index (χ0v) is 17.2. The molecule has 0 N–H and O–H groups in total. The summed E-state index contributed by atoms with van der Waals surface area (Å²) in [5, 5.41) is 11.4. The maximum atomic E-state index is 12.7. The van der Waals surface area contributed by atoms with Gasteiger partial charge in [-0.15, -0.1) is 0 Å². The van der Waals surface area contributed by atoms with Crippen LogP contribution in [-0.2, 0) is 11.3 Å². The number of piperazine rings is 1. The van der Waals surface area contributed by atoms with Gasteiger partial charge >= 0.3 is 0 Å². The van der Waals surface area contributed by atoms with Crippen molar-refractivity contribution >= 4 is 28.2 Å². The fourth-order valence-corrected chi connectivity index (χ4v) is 3.87. The zero-order valence-electron chi connectivity index (χ0n) is 17.2. The second-order valence-electron chi connectivity index (χ2n) is 7.61. The van der Waals surface area contributed by atoms with Gasteiger partial charge in [0.25, 0.3) is 11.2 Å². The van der Waals surface area contributed by atoms with Gasteiger partial charge in [-0.25, -0.2) is 4.98 Å². The third kappa shape index (κ3) is 4.25. The number of carbonyl (C=O) groups excluding carboxylic acids is 1. The maximum Gasteiger partial charge on any atom is 0.269 e. The number of hydrogen-bond donors (Lipinski definition) is 0. The van der Waals surface area contributed by atoms with Crippen LogP contribution in [0.15, 0.2) is 53.6 Å². The SMILES string of the molecule is Cc1cccc2c(=O)n(CCC(=O)N3CCN(c4ccc([N+](=O)[O-])cc4)CC3)cnc12. The molecule has 31 heavy (non-hydrogen) atoms. The molecule has 9 nitrogen and oxygen atoms in total. The normalized spacial score (nSPS) is 14.1. The second-order valence-corrected chi connectivity index (χ2v) is 7.61. The molecule has 4 rings (SSSR count). The monoisotopic (exact) mass is 421 g/mol. The number of benzene rings is 2. The van der Waals surface area contributed by atoms with E-state index in [9.17, 15) is 19.7 Å². The van der Waals surface area contributed by atoms with Crippen LogP contribution in [0.5, 0.6) is 0 Å². The van der Waals surface area contributed by atoms with E-state index >= 15 is 0 Å². The van der Waals surface area contributed by atoms with Crippen molar-refractivity contribution in [3.63, 3.8) is 0 Å². The Morgan fingerprint density at radius 1 is 1.10 bits per heavy atom. The number of amides is 1. The van der Waals surface area contributed by atoms with Crippen LogP contribution in [0.2, 0.25) is 0 Å². The van der Waals surface area contributed by atoms with E-state index in [2.05, 4.69) is 9.88 Å². The topological polar surface area (TPSA) is 102 Å². The quantitative estimate of drug-likeness (QED) is 0.463. The number of nitro groups is 1. The predicted octanol–water partition coefficient (Wildman–Crippen LogP) is 2.35. The van der Waals surface area contributed by atoms with Crippen molar-refractivity contribution in [2.75, 3.05) is 31.1 Å². The molecule has 0 radical (unpaired) electrons. The Morgan fingerprint density at radius 2 is 1.81 bits per heavy atom. The van der Waals surface area contributed by atoms with E-state index < -0.39 is 4.92 Å².